The minimum atomic E-state index is -1.08. The van der Waals surface area contributed by atoms with Crippen LogP contribution in [0.25, 0.3) is 5.69 Å². The largest absolute Gasteiger partial charge is 0.325 e. The Morgan fingerprint density at radius 3 is 2.58 bits per heavy atom. The van der Waals surface area contributed by atoms with Crippen LogP contribution >= 0.6 is 11.6 Å². The van der Waals surface area contributed by atoms with E-state index in [1.807, 2.05) is 54.8 Å². The number of amides is 3. The molecule has 1 spiro atoms. The maximum atomic E-state index is 13.5. The van der Waals surface area contributed by atoms with Crippen LogP contribution in [0, 0.1) is 13.8 Å². The Morgan fingerprint density at radius 2 is 1.82 bits per heavy atom. The topological polar surface area (TPSA) is 71.4 Å². The van der Waals surface area contributed by atoms with E-state index in [0.717, 1.165) is 45.9 Å². The van der Waals surface area contributed by atoms with Crippen molar-refractivity contribution < 1.29 is 14.4 Å². The first kappa shape index (κ1) is 21.5. The van der Waals surface area contributed by atoms with Gasteiger partial charge in [0.25, 0.3) is 5.91 Å². The summed E-state index contributed by atoms with van der Waals surface area (Å²) in [5.74, 6) is -0.618. The van der Waals surface area contributed by atoms with Gasteiger partial charge in [0.1, 0.15) is 5.54 Å². The number of halogens is 1. The molecular formula is C26H24ClN3O3. The van der Waals surface area contributed by atoms with Crippen LogP contribution in [0.4, 0.5) is 4.79 Å². The maximum Gasteiger partial charge on any atom is 0.325 e. The number of Topliss-reactive ketones (excluding diaryl/α,β-unsaturated/α-hetero) is 1. The van der Waals surface area contributed by atoms with Gasteiger partial charge in [-0.3, -0.25) is 14.5 Å². The molecule has 1 fully saturated rings. The van der Waals surface area contributed by atoms with E-state index < -0.39 is 11.6 Å². The van der Waals surface area contributed by atoms with Gasteiger partial charge in [-0.15, -0.1) is 0 Å². The van der Waals surface area contributed by atoms with Crippen LogP contribution < -0.4 is 5.32 Å². The van der Waals surface area contributed by atoms with Crippen LogP contribution in [-0.2, 0) is 16.8 Å². The highest BCUT2D eigenvalue weighted by Crippen LogP contribution is 2.40. The van der Waals surface area contributed by atoms with Crippen molar-refractivity contribution in [1.82, 2.24) is 14.8 Å². The summed E-state index contributed by atoms with van der Waals surface area (Å²) in [5, 5.41) is 3.55. The number of aryl methyl sites for hydroxylation is 2. The Labute approximate surface area is 197 Å². The number of carbonyl (C=O) groups is 3. The summed E-state index contributed by atoms with van der Waals surface area (Å²) in [6.45, 7) is 3.49. The summed E-state index contributed by atoms with van der Waals surface area (Å²) in [7, 11) is 0. The van der Waals surface area contributed by atoms with Gasteiger partial charge in [0, 0.05) is 27.7 Å². The van der Waals surface area contributed by atoms with Gasteiger partial charge in [0.05, 0.1) is 6.54 Å². The molecule has 1 N–H and O–H groups in total. The summed E-state index contributed by atoms with van der Waals surface area (Å²) in [5.41, 5.74) is 3.85. The number of hydrogen-bond donors (Lipinski definition) is 1. The van der Waals surface area contributed by atoms with E-state index in [-0.39, 0.29) is 18.2 Å². The highest BCUT2D eigenvalue weighted by molar-refractivity contribution is 6.30. The molecule has 2 aliphatic rings. The lowest BCUT2D eigenvalue weighted by Gasteiger charge is -2.33. The summed E-state index contributed by atoms with van der Waals surface area (Å²) >= 11 is 6.01. The van der Waals surface area contributed by atoms with Crippen molar-refractivity contribution >= 4 is 29.3 Å². The standard InChI is InChI=1S/C26H24ClN3O3/c1-16-14-21(17(2)30(16)20-11-9-19(27)10-12-20)23(31)15-29-24(32)26(28-25(29)33)13-5-7-18-6-3-4-8-22(18)26/h3-4,6,8-12,14H,5,7,13,15H2,1-2H3,(H,28,33)/t26-/m0/s1. The van der Waals surface area contributed by atoms with Gasteiger partial charge in [-0.05, 0) is 74.6 Å². The van der Waals surface area contributed by atoms with E-state index in [4.69, 9.17) is 11.6 Å². The predicted octanol–water partition coefficient (Wildman–Crippen LogP) is 4.71. The Hall–Kier alpha value is -3.38. The molecule has 5 rings (SSSR count). The number of aromatic nitrogens is 1. The van der Waals surface area contributed by atoms with E-state index in [9.17, 15) is 14.4 Å². The zero-order valence-electron chi connectivity index (χ0n) is 18.5. The summed E-state index contributed by atoms with van der Waals surface area (Å²) < 4.78 is 1.97. The molecule has 0 bridgehead atoms. The molecule has 168 valence electrons. The van der Waals surface area contributed by atoms with Crippen LogP contribution in [0.5, 0.6) is 0 Å². The summed E-state index contributed by atoms with van der Waals surface area (Å²) in [4.78, 5) is 40.7. The Kier molecular flexibility index (Phi) is 5.13. The third kappa shape index (κ3) is 3.37. The highest BCUT2D eigenvalue weighted by Gasteiger charge is 2.54. The molecule has 1 atom stereocenters. The van der Waals surface area contributed by atoms with Gasteiger partial charge in [0.2, 0.25) is 0 Å². The van der Waals surface area contributed by atoms with Crippen molar-refractivity contribution in [2.45, 2.75) is 38.6 Å². The molecule has 1 saturated heterocycles. The van der Waals surface area contributed by atoms with Gasteiger partial charge >= 0.3 is 6.03 Å². The fraction of sp³-hybridized carbons (Fsp3) is 0.269. The quantitative estimate of drug-likeness (QED) is 0.451. The lowest BCUT2D eigenvalue weighted by Crippen LogP contribution is -2.46. The molecule has 33 heavy (non-hydrogen) atoms. The van der Waals surface area contributed by atoms with E-state index in [1.54, 1.807) is 18.2 Å². The van der Waals surface area contributed by atoms with Crippen molar-refractivity contribution in [3.63, 3.8) is 0 Å². The van der Waals surface area contributed by atoms with E-state index in [0.29, 0.717) is 17.0 Å². The smallest absolute Gasteiger partial charge is 0.319 e. The van der Waals surface area contributed by atoms with Crippen molar-refractivity contribution in [2.75, 3.05) is 6.54 Å². The van der Waals surface area contributed by atoms with Crippen molar-refractivity contribution in [1.29, 1.82) is 0 Å². The molecule has 7 heteroatoms. The number of nitrogens with zero attached hydrogens (tertiary/aromatic N) is 2. The Bertz CT molecular complexity index is 1290. The zero-order valence-corrected chi connectivity index (χ0v) is 19.3. The number of ketones is 1. The zero-order chi connectivity index (χ0) is 23.3. The first-order valence-corrected chi connectivity index (χ1v) is 11.4. The van der Waals surface area contributed by atoms with E-state index >= 15 is 0 Å². The monoisotopic (exact) mass is 461 g/mol. The van der Waals surface area contributed by atoms with Gasteiger partial charge in [0.15, 0.2) is 5.78 Å². The third-order valence-electron chi connectivity index (χ3n) is 6.77. The van der Waals surface area contributed by atoms with Crippen LogP contribution in [0.1, 0.15) is 45.7 Å². The predicted molar refractivity (Wildman–Crippen MR) is 126 cm³/mol. The minimum absolute atomic E-state index is 0.270. The number of rotatable bonds is 4. The van der Waals surface area contributed by atoms with E-state index in [2.05, 4.69) is 5.32 Å². The van der Waals surface area contributed by atoms with Crippen molar-refractivity contribution in [2.24, 2.45) is 0 Å². The SMILES string of the molecule is Cc1cc(C(=O)CN2C(=O)N[C@]3(CCCc4ccccc43)C2=O)c(C)n1-c1ccc(Cl)cc1. The van der Waals surface area contributed by atoms with E-state index in [1.165, 1.54) is 0 Å². The molecule has 0 radical (unpaired) electrons. The first-order valence-electron chi connectivity index (χ1n) is 11.0. The minimum Gasteiger partial charge on any atom is -0.319 e. The molecule has 1 aliphatic carbocycles. The molecule has 1 aliphatic heterocycles. The lowest BCUT2D eigenvalue weighted by atomic mass is 9.76. The van der Waals surface area contributed by atoms with Gasteiger partial charge < -0.3 is 9.88 Å². The van der Waals surface area contributed by atoms with Gasteiger partial charge in [-0.2, -0.15) is 0 Å². The average Bonchev–Trinajstić information content (AvgIpc) is 3.23. The molecule has 2 heterocycles. The van der Waals surface area contributed by atoms with Crippen LogP contribution in [0.15, 0.2) is 54.6 Å². The van der Waals surface area contributed by atoms with Gasteiger partial charge in [-0.25, -0.2) is 4.79 Å². The molecule has 1 aromatic heterocycles. The number of nitrogens with one attached hydrogen (secondary N) is 1. The second kappa shape index (κ2) is 7.89. The maximum absolute atomic E-state index is 13.5. The molecular weight excluding hydrogens is 438 g/mol. The summed E-state index contributed by atoms with van der Waals surface area (Å²) in [6.07, 6.45) is 2.20. The third-order valence-corrected chi connectivity index (χ3v) is 7.02. The summed E-state index contributed by atoms with van der Waals surface area (Å²) in [6, 6.07) is 16.4. The number of imide groups is 1. The lowest BCUT2D eigenvalue weighted by molar-refractivity contribution is -0.131. The molecule has 3 aromatic rings. The Balaban J connectivity index is 1.44. The first-order chi connectivity index (χ1) is 15.8. The number of hydrogen-bond acceptors (Lipinski definition) is 3. The number of fused-ring (bicyclic) bond motifs is 2. The highest BCUT2D eigenvalue weighted by atomic mass is 35.5. The number of benzene rings is 2. The molecule has 3 amide bonds. The second-order valence-corrected chi connectivity index (χ2v) is 9.19. The number of carbonyl (C=O) groups excluding carboxylic acids is 3. The van der Waals surface area contributed by atoms with Crippen LogP contribution in [0.2, 0.25) is 5.02 Å². The Morgan fingerprint density at radius 1 is 1.09 bits per heavy atom. The number of urea groups is 1. The second-order valence-electron chi connectivity index (χ2n) is 8.76. The molecule has 0 saturated carbocycles. The fourth-order valence-corrected chi connectivity index (χ4v) is 5.34. The normalized spacial score (nSPS) is 19.7. The van der Waals surface area contributed by atoms with Crippen molar-refractivity contribution in [3.8, 4) is 5.69 Å². The average molecular weight is 462 g/mol. The van der Waals surface area contributed by atoms with Gasteiger partial charge in [-0.1, -0.05) is 35.9 Å². The van der Waals surface area contributed by atoms with Crippen LogP contribution in [0.3, 0.4) is 0 Å². The fourth-order valence-electron chi connectivity index (χ4n) is 5.22. The van der Waals surface area contributed by atoms with Crippen LogP contribution in [-0.4, -0.2) is 33.7 Å². The molecule has 0 unspecified atom stereocenters. The molecule has 6 nitrogen and oxygen atoms in total. The van der Waals surface area contributed by atoms with Crippen molar-refractivity contribution in [3.05, 3.63) is 87.7 Å². The molecule has 2 aromatic carbocycles.